The van der Waals surface area contributed by atoms with Crippen LogP contribution in [0.3, 0.4) is 0 Å². The standard InChI is InChI=1S/C15H32N2/c1-6-9-10-13(4)17-12-15(7-2,8-3)16-11-14(17)5/h13-14,16H,6-12H2,1-5H3. The lowest BCUT2D eigenvalue weighted by Crippen LogP contribution is -2.64. The Morgan fingerprint density at radius 2 is 1.94 bits per heavy atom. The van der Waals surface area contributed by atoms with Gasteiger partial charge in [-0.1, -0.05) is 33.6 Å². The maximum absolute atomic E-state index is 3.78. The van der Waals surface area contributed by atoms with Crippen LogP contribution in [0, 0.1) is 0 Å². The molecule has 1 heterocycles. The molecule has 0 aromatic heterocycles. The molecule has 2 atom stereocenters. The minimum atomic E-state index is 0.368. The van der Waals surface area contributed by atoms with E-state index in [1.807, 2.05) is 0 Å². The van der Waals surface area contributed by atoms with Crippen molar-refractivity contribution in [3.8, 4) is 0 Å². The lowest BCUT2D eigenvalue weighted by molar-refractivity contribution is 0.0464. The molecule has 0 bridgehead atoms. The Morgan fingerprint density at radius 1 is 1.29 bits per heavy atom. The zero-order chi connectivity index (χ0) is 12.9. The van der Waals surface area contributed by atoms with Gasteiger partial charge < -0.3 is 5.32 Å². The van der Waals surface area contributed by atoms with Crippen LogP contribution in [0.15, 0.2) is 0 Å². The molecule has 17 heavy (non-hydrogen) atoms. The molecule has 1 N–H and O–H groups in total. The van der Waals surface area contributed by atoms with Gasteiger partial charge in [0.25, 0.3) is 0 Å². The second kappa shape index (κ2) is 6.75. The summed E-state index contributed by atoms with van der Waals surface area (Å²) in [6.45, 7) is 14.1. The average molecular weight is 240 g/mol. The lowest BCUT2D eigenvalue weighted by Gasteiger charge is -2.49. The van der Waals surface area contributed by atoms with Crippen molar-refractivity contribution in [3.05, 3.63) is 0 Å². The first-order valence-corrected chi connectivity index (χ1v) is 7.59. The first-order valence-electron chi connectivity index (χ1n) is 7.59. The first kappa shape index (κ1) is 15.0. The van der Waals surface area contributed by atoms with E-state index < -0.39 is 0 Å². The number of nitrogens with zero attached hydrogens (tertiary/aromatic N) is 1. The van der Waals surface area contributed by atoms with Gasteiger partial charge in [0, 0.05) is 30.7 Å². The Labute approximate surface area is 108 Å². The largest absolute Gasteiger partial charge is 0.308 e. The number of unbranched alkanes of at least 4 members (excludes halogenated alkanes) is 1. The van der Waals surface area contributed by atoms with E-state index in [0.29, 0.717) is 11.6 Å². The predicted octanol–water partition coefficient (Wildman–Crippen LogP) is 3.42. The summed E-state index contributed by atoms with van der Waals surface area (Å²) in [4.78, 5) is 2.74. The van der Waals surface area contributed by atoms with E-state index in [1.54, 1.807) is 0 Å². The van der Waals surface area contributed by atoms with Crippen LogP contribution in [0.4, 0.5) is 0 Å². The normalized spacial score (nSPS) is 27.0. The Balaban J connectivity index is 2.62. The molecule has 1 saturated heterocycles. The van der Waals surface area contributed by atoms with E-state index in [1.165, 1.54) is 38.6 Å². The molecule has 1 fully saturated rings. The highest BCUT2D eigenvalue weighted by molar-refractivity contribution is 4.96. The third-order valence-electron chi connectivity index (χ3n) is 4.72. The van der Waals surface area contributed by atoms with E-state index in [9.17, 15) is 0 Å². The number of hydrogen-bond acceptors (Lipinski definition) is 2. The molecule has 0 saturated carbocycles. The minimum absolute atomic E-state index is 0.368. The summed E-state index contributed by atoms with van der Waals surface area (Å²) < 4.78 is 0. The van der Waals surface area contributed by atoms with Gasteiger partial charge in [-0.05, 0) is 33.1 Å². The predicted molar refractivity (Wildman–Crippen MR) is 76.5 cm³/mol. The lowest BCUT2D eigenvalue weighted by atomic mass is 9.87. The molecule has 1 aliphatic heterocycles. The average Bonchev–Trinajstić information content (AvgIpc) is 2.37. The van der Waals surface area contributed by atoms with Crippen LogP contribution in [0.2, 0.25) is 0 Å². The van der Waals surface area contributed by atoms with Crippen LogP contribution < -0.4 is 5.32 Å². The molecule has 2 unspecified atom stereocenters. The van der Waals surface area contributed by atoms with Gasteiger partial charge in [0.1, 0.15) is 0 Å². The van der Waals surface area contributed by atoms with E-state index in [-0.39, 0.29) is 0 Å². The molecule has 0 aromatic rings. The molecule has 0 spiro atoms. The topological polar surface area (TPSA) is 15.3 Å². The number of rotatable bonds is 6. The summed E-state index contributed by atoms with van der Waals surface area (Å²) in [5.41, 5.74) is 0.368. The maximum atomic E-state index is 3.78. The van der Waals surface area contributed by atoms with Gasteiger partial charge in [-0.2, -0.15) is 0 Å². The minimum Gasteiger partial charge on any atom is -0.308 e. The molecule has 0 aromatic carbocycles. The van der Waals surface area contributed by atoms with Crippen LogP contribution in [0.5, 0.6) is 0 Å². The summed E-state index contributed by atoms with van der Waals surface area (Å²) in [6, 6.07) is 1.43. The fourth-order valence-electron chi connectivity index (χ4n) is 3.02. The van der Waals surface area contributed by atoms with Gasteiger partial charge in [0.05, 0.1) is 0 Å². The molecule has 1 aliphatic rings. The third-order valence-corrected chi connectivity index (χ3v) is 4.72. The summed E-state index contributed by atoms with van der Waals surface area (Å²) in [6.07, 6.45) is 6.52. The van der Waals surface area contributed by atoms with Crippen molar-refractivity contribution in [2.75, 3.05) is 13.1 Å². The smallest absolute Gasteiger partial charge is 0.0304 e. The van der Waals surface area contributed by atoms with Gasteiger partial charge in [0.2, 0.25) is 0 Å². The highest BCUT2D eigenvalue weighted by Crippen LogP contribution is 2.25. The molecule has 0 aliphatic carbocycles. The van der Waals surface area contributed by atoms with Gasteiger partial charge in [0.15, 0.2) is 0 Å². The SMILES string of the molecule is CCCCC(C)N1CC(CC)(CC)NCC1C. The van der Waals surface area contributed by atoms with Gasteiger partial charge >= 0.3 is 0 Å². The van der Waals surface area contributed by atoms with Crippen molar-refractivity contribution >= 4 is 0 Å². The van der Waals surface area contributed by atoms with Crippen LogP contribution in [0.25, 0.3) is 0 Å². The van der Waals surface area contributed by atoms with Crippen LogP contribution in [0.1, 0.15) is 66.7 Å². The summed E-state index contributed by atoms with van der Waals surface area (Å²) in [7, 11) is 0. The molecule has 1 rings (SSSR count). The summed E-state index contributed by atoms with van der Waals surface area (Å²) in [5.74, 6) is 0. The molecular weight excluding hydrogens is 208 g/mol. The van der Waals surface area contributed by atoms with E-state index in [2.05, 4.69) is 44.8 Å². The van der Waals surface area contributed by atoms with Crippen LogP contribution in [-0.2, 0) is 0 Å². The second-order valence-corrected chi connectivity index (χ2v) is 5.88. The monoisotopic (exact) mass is 240 g/mol. The van der Waals surface area contributed by atoms with Crippen molar-refractivity contribution < 1.29 is 0 Å². The molecule has 2 heteroatoms. The quantitative estimate of drug-likeness (QED) is 0.765. The second-order valence-electron chi connectivity index (χ2n) is 5.88. The molecule has 2 nitrogen and oxygen atoms in total. The van der Waals surface area contributed by atoms with E-state index in [4.69, 9.17) is 0 Å². The van der Waals surface area contributed by atoms with Crippen molar-refractivity contribution in [1.82, 2.24) is 10.2 Å². The van der Waals surface area contributed by atoms with Gasteiger partial charge in [-0.3, -0.25) is 4.90 Å². The Kier molecular flexibility index (Phi) is 5.94. The van der Waals surface area contributed by atoms with Gasteiger partial charge in [-0.25, -0.2) is 0 Å². The highest BCUT2D eigenvalue weighted by atomic mass is 15.3. The molecule has 0 amide bonds. The maximum Gasteiger partial charge on any atom is 0.0304 e. The molecule has 102 valence electrons. The fraction of sp³-hybridized carbons (Fsp3) is 1.00. The Bertz CT molecular complexity index is 211. The summed E-state index contributed by atoms with van der Waals surface area (Å²) >= 11 is 0. The van der Waals surface area contributed by atoms with Crippen molar-refractivity contribution in [1.29, 1.82) is 0 Å². The van der Waals surface area contributed by atoms with Crippen LogP contribution in [-0.4, -0.2) is 35.6 Å². The van der Waals surface area contributed by atoms with E-state index in [0.717, 1.165) is 12.6 Å². The third kappa shape index (κ3) is 3.69. The van der Waals surface area contributed by atoms with Crippen LogP contribution >= 0.6 is 0 Å². The zero-order valence-electron chi connectivity index (χ0n) is 12.6. The molecular formula is C15H32N2. The molecule has 0 radical (unpaired) electrons. The number of nitrogens with one attached hydrogen (secondary N) is 1. The number of hydrogen-bond donors (Lipinski definition) is 1. The summed E-state index contributed by atoms with van der Waals surface area (Å²) in [5, 5.41) is 3.78. The number of piperazine rings is 1. The van der Waals surface area contributed by atoms with Crippen molar-refractivity contribution in [3.63, 3.8) is 0 Å². The highest BCUT2D eigenvalue weighted by Gasteiger charge is 2.36. The Hall–Kier alpha value is -0.0800. The Morgan fingerprint density at radius 3 is 2.47 bits per heavy atom. The van der Waals surface area contributed by atoms with E-state index >= 15 is 0 Å². The van der Waals surface area contributed by atoms with Gasteiger partial charge in [-0.15, -0.1) is 0 Å². The van der Waals surface area contributed by atoms with Crippen molar-refractivity contribution in [2.45, 2.75) is 84.3 Å². The fourth-order valence-corrected chi connectivity index (χ4v) is 3.02. The zero-order valence-corrected chi connectivity index (χ0v) is 12.6. The first-order chi connectivity index (χ1) is 8.08. The van der Waals surface area contributed by atoms with Crippen molar-refractivity contribution in [2.24, 2.45) is 0 Å².